The van der Waals surface area contributed by atoms with Crippen LogP contribution in [0, 0.1) is 10.4 Å². The minimum atomic E-state index is 0.0118. The van der Waals surface area contributed by atoms with E-state index >= 15 is 0 Å². The second-order valence-corrected chi connectivity index (χ2v) is 5.55. The van der Waals surface area contributed by atoms with Crippen LogP contribution in [0.3, 0.4) is 0 Å². The van der Waals surface area contributed by atoms with Gasteiger partial charge < -0.3 is 0 Å². The molecule has 0 radical (unpaired) electrons. The molecule has 2 aliphatic carbocycles. The fourth-order valence-electron chi connectivity index (χ4n) is 3.30. The highest BCUT2D eigenvalue weighted by Gasteiger charge is 2.15. The Bertz CT molecular complexity index is 1240. The van der Waals surface area contributed by atoms with Crippen molar-refractivity contribution in [2.75, 3.05) is 0 Å². The van der Waals surface area contributed by atoms with Crippen molar-refractivity contribution < 1.29 is 4.79 Å². The Balaban J connectivity index is 2.09. The van der Waals surface area contributed by atoms with Gasteiger partial charge in [-0.05, 0) is 38.9 Å². The van der Waals surface area contributed by atoms with Gasteiger partial charge >= 0.3 is 0 Å². The summed E-state index contributed by atoms with van der Waals surface area (Å²) in [6.45, 7) is 0. The summed E-state index contributed by atoms with van der Waals surface area (Å²) in [4.78, 5) is 20.9. The van der Waals surface area contributed by atoms with Crippen LogP contribution in [0.4, 0.5) is 0 Å². The standard InChI is InChI=1S/C19H10N2O/c22-18-8-17-16(9-20-10-21-17)14-5-4-13-6-11-2-1-3-12(11)7-15(13)19(14)18/h1-10H. The third kappa shape index (κ3) is 1.42. The van der Waals surface area contributed by atoms with Gasteiger partial charge in [-0.25, -0.2) is 9.97 Å². The van der Waals surface area contributed by atoms with E-state index in [1.165, 1.54) is 11.5 Å². The van der Waals surface area contributed by atoms with Gasteiger partial charge in [0.1, 0.15) is 6.33 Å². The molecule has 3 nitrogen and oxygen atoms in total. The van der Waals surface area contributed by atoms with Crippen LogP contribution in [0.25, 0.3) is 29.0 Å². The summed E-state index contributed by atoms with van der Waals surface area (Å²) in [5, 5.41) is 5.80. The number of allylic oxidation sites excluding steroid dienone is 1. The van der Waals surface area contributed by atoms with Crippen LogP contribution < -0.4 is 10.6 Å². The summed E-state index contributed by atoms with van der Waals surface area (Å²) in [5.74, 6) is 0.0118. The highest BCUT2D eigenvalue weighted by molar-refractivity contribution is 6.23. The molecule has 0 unspecified atom stereocenters. The fourth-order valence-corrected chi connectivity index (χ4v) is 3.30. The first-order valence-corrected chi connectivity index (χ1v) is 7.13. The van der Waals surface area contributed by atoms with E-state index in [9.17, 15) is 4.79 Å². The Morgan fingerprint density at radius 3 is 2.95 bits per heavy atom. The molecule has 3 heteroatoms. The molecule has 1 heterocycles. The molecule has 1 aromatic heterocycles. The molecule has 2 aromatic carbocycles. The van der Waals surface area contributed by atoms with Crippen LogP contribution in [0.1, 0.15) is 15.9 Å². The number of rotatable bonds is 0. The second kappa shape index (κ2) is 3.98. The normalized spacial score (nSPS) is 14.1. The van der Waals surface area contributed by atoms with Gasteiger partial charge in [-0.2, -0.15) is 0 Å². The van der Waals surface area contributed by atoms with Gasteiger partial charge in [-0.1, -0.05) is 30.4 Å². The maximum absolute atomic E-state index is 12.6. The zero-order valence-electron chi connectivity index (χ0n) is 11.6. The third-order valence-electron chi connectivity index (χ3n) is 4.32. The van der Waals surface area contributed by atoms with Crippen molar-refractivity contribution in [1.82, 2.24) is 9.97 Å². The van der Waals surface area contributed by atoms with Crippen molar-refractivity contribution in [3.63, 3.8) is 0 Å². The summed E-state index contributed by atoms with van der Waals surface area (Å²) >= 11 is 0. The zero-order valence-corrected chi connectivity index (χ0v) is 11.6. The Hall–Kier alpha value is -3.07. The summed E-state index contributed by atoms with van der Waals surface area (Å²) in [6, 6.07) is 8.30. The maximum Gasteiger partial charge on any atom is 0.189 e. The number of carbonyl (C=O) groups is 1. The maximum atomic E-state index is 12.6. The molecule has 102 valence electrons. The summed E-state index contributed by atoms with van der Waals surface area (Å²) in [6.07, 6.45) is 11.0. The van der Waals surface area contributed by atoms with Crippen LogP contribution >= 0.6 is 0 Å². The van der Waals surface area contributed by atoms with Crippen LogP contribution in [0.5, 0.6) is 0 Å². The highest BCUT2D eigenvalue weighted by atomic mass is 16.1. The molecular weight excluding hydrogens is 272 g/mol. The van der Waals surface area contributed by atoms with Gasteiger partial charge in [0.15, 0.2) is 5.78 Å². The van der Waals surface area contributed by atoms with Crippen molar-refractivity contribution >= 4 is 34.8 Å². The molecule has 22 heavy (non-hydrogen) atoms. The monoisotopic (exact) mass is 282 g/mol. The lowest BCUT2D eigenvalue weighted by atomic mass is 9.93. The average Bonchev–Trinajstić information content (AvgIpc) is 2.99. The average molecular weight is 282 g/mol. The van der Waals surface area contributed by atoms with Crippen molar-refractivity contribution in [2.45, 2.75) is 0 Å². The zero-order chi connectivity index (χ0) is 14.7. The minimum absolute atomic E-state index is 0.0118. The Morgan fingerprint density at radius 2 is 2.00 bits per heavy atom. The molecule has 0 saturated carbocycles. The number of ketones is 1. The van der Waals surface area contributed by atoms with Gasteiger partial charge in [-0.3, -0.25) is 4.79 Å². The fraction of sp³-hybridized carbons (Fsp3) is 0. The van der Waals surface area contributed by atoms with Crippen LogP contribution in [0.15, 0.2) is 42.9 Å². The number of nitrogens with zero attached hydrogens (tertiary/aromatic N) is 2. The summed E-state index contributed by atoms with van der Waals surface area (Å²) in [5.41, 5.74) is 1.91. The largest absolute Gasteiger partial charge is 0.289 e. The van der Waals surface area contributed by atoms with Crippen LogP contribution in [0.2, 0.25) is 0 Å². The first-order chi connectivity index (χ1) is 10.8. The van der Waals surface area contributed by atoms with Gasteiger partial charge in [0.2, 0.25) is 0 Å². The van der Waals surface area contributed by atoms with Crippen molar-refractivity contribution in [2.24, 2.45) is 0 Å². The summed E-state index contributed by atoms with van der Waals surface area (Å²) < 4.78 is 0. The van der Waals surface area contributed by atoms with Crippen LogP contribution in [-0.2, 0) is 0 Å². The van der Waals surface area contributed by atoms with Gasteiger partial charge in [-0.15, -0.1) is 0 Å². The third-order valence-corrected chi connectivity index (χ3v) is 4.32. The molecule has 0 fully saturated rings. The molecule has 0 spiro atoms. The molecule has 0 N–H and O–H groups in total. The predicted molar refractivity (Wildman–Crippen MR) is 85.2 cm³/mol. The number of Topliss-reactive ketones (excluding diaryl/α,β-unsaturated/α-hetero) is 1. The molecule has 0 bridgehead atoms. The molecule has 5 rings (SSSR count). The lowest BCUT2D eigenvalue weighted by Gasteiger charge is -2.09. The van der Waals surface area contributed by atoms with E-state index in [1.807, 2.05) is 12.1 Å². The first kappa shape index (κ1) is 11.6. The molecule has 0 amide bonds. The lowest BCUT2D eigenvalue weighted by molar-refractivity contribution is 0.106. The SMILES string of the molecule is O=C1C=c2ncncc2=c2ccc3cc4c(cc3c21)C=CC=4. The van der Waals surface area contributed by atoms with Crippen molar-refractivity contribution in [3.05, 3.63) is 75.0 Å². The smallest absolute Gasteiger partial charge is 0.189 e. The Morgan fingerprint density at radius 1 is 1.05 bits per heavy atom. The summed E-state index contributed by atoms with van der Waals surface area (Å²) in [7, 11) is 0. The predicted octanol–water partition coefficient (Wildman–Crippen LogP) is 1.70. The van der Waals surface area contributed by atoms with Crippen molar-refractivity contribution in [1.29, 1.82) is 0 Å². The van der Waals surface area contributed by atoms with E-state index in [0.29, 0.717) is 5.35 Å². The Labute approximate surface area is 125 Å². The number of hydrogen-bond acceptors (Lipinski definition) is 3. The van der Waals surface area contributed by atoms with E-state index in [1.54, 1.807) is 12.3 Å². The van der Waals surface area contributed by atoms with E-state index in [-0.39, 0.29) is 5.78 Å². The number of aromatic nitrogens is 2. The van der Waals surface area contributed by atoms with Gasteiger partial charge in [0.25, 0.3) is 0 Å². The molecule has 0 aliphatic heterocycles. The first-order valence-electron chi connectivity index (χ1n) is 7.13. The number of hydrogen-bond donors (Lipinski definition) is 0. The van der Waals surface area contributed by atoms with E-state index in [4.69, 9.17) is 0 Å². The molecule has 0 atom stereocenters. The quantitative estimate of drug-likeness (QED) is 0.630. The van der Waals surface area contributed by atoms with Crippen LogP contribution in [-0.4, -0.2) is 15.8 Å². The van der Waals surface area contributed by atoms with E-state index in [2.05, 4.69) is 40.3 Å². The van der Waals surface area contributed by atoms with Crippen molar-refractivity contribution in [3.8, 4) is 0 Å². The van der Waals surface area contributed by atoms with Gasteiger partial charge in [0.05, 0.1) is 5.35 Å². The van der Waals surface area contributed by atoms with E-state index in [0.717, 1.165) is 32.3 Å². The number of carbonyl (C=O) groups excluding carboxylic acids is 1. The second-order valence-electron chi connectivity index (χ2n) is 5.55. The highest BCUT2D eigenvalue weighted by Crippen LogP contribution is 2.23. The molecule has 0 saturated heterocycles. The molecule has 2 aliphatic rings. The number of fused-ring (bicyclic) bond motifs is 5. The molecular formula is C19H10N2O. The lowest BCUT2D eigenvalue weighted by Crippen LogP contribution is -2.18. The molecule has 3 aromatic rings. The van der Waals surface area contributed by atoms with Gasteiger partial charge in [0, 0.05) is 23.1 Å². The minimum Gasteiger partial charge on any atom is -0.289 e. The number of benzene rings is 2. The van der Waals surface area contributed by atoms with E-state index < -0.39 is 0 Å². The topological polar surface area (TPSA) is 42.9 Å². The Kier molecular flexibility index (Phi) is 2.09.